The zero-order valence-electron chi connectivity index (χ0n) is 7.59. The molecule has 0 saturated carbocycles. The van der Waals surface area contributed by atoms with Crippen LogP contribution in [0.2, 0.25) is 11.0 Å². The molecular weight excluding hydrogens is 272 g/mol. The van der Waals surface area contributed by atoms with Crippen LogP contribution in [0.1, 0.15) is 5.56 Å². The second kappa shape index (κ2) is 5.08. The second-order valence-electron chi connectivity index (χ2n) is 4.17. The SMILES string of the molecule is Br.[CH3][Zn]([CH3])([F])[CH2]c1ccccc1. The Kier molecular flexibility index (Phi) is 5.19. The molecule has 0 aliphatic carbocycles. The van der Waals surface area contributed by atoms with Crippen LogP contribution < -0.4 is 0 Å². The van der Waals surface area contributed by atoms with E-state index in [0.29, 0.717) is 5.02 Å². The third kappa shape index (κ3) is 5.00. The average Bonchev–Trinajstić information content (AvgIpc) is 1.85. The summed E-state index contributed by atoms with van der Waals surface area (Å²) in [5.41, 5.74) is 4.78. The van der Waals surface area contributed by atoms with Gasteiger partial charge in [0.15, 0.2) is 0 Å². The van der Waals surface area contributed by atoms with E-state index in [9.17, 15) is 3.32 Å². The fraction of sp³-hybridized carbons (Fsp3) is 0.333. The summed E-state index contributed by atoms with van der Waals surface area (Å²) < 4.78 is 13.3. The van der Waals surface area contributed by atoms with Crippen LogP contribution in [0.3, 0.4) is 0 Å². The van der Waals surface area contributed by atoms with Crippen molar-refractivity contribution in [1.82, 2.24) is 0 Å². The topological polar surface area (TPSA) is 0 Å². The maximum absolute atomic E-state index is 13.3. The molecule has 0 saturated heterocycles. The molecule has 0 aliphatic rings. The Labute approximate surface area is 87.3 Å². The van der Waals surface area contributed by atoms with E-state index < -0.39 is 15.3 Å². The van der Waals surface area contributed by atoms with Crippen molar-refractivity contribution in [1.29, 1.82) is 0 Å². The Morgan fingerprint density at radius 3 is 2.08 bits per heavy atom. The van der Waals surface area contributed by atoms with Crippen molar-refractivity contribution in [2.24, 2.45) is 0 Å². The van der Waals surface area contributed by atoms with Gasteiger partial charge in [0.2, 0.25) is 0 Å². The molecule has 66 valence electrons. The Morgan fingerprint density at radius 1 is 1.17 bits per heavy atom. The molecule has 0 bridgehead atoms. The van der Waals surface area contributed by atoms with Crippen molar-refractivity contribution in [2.45, 2.75) is 16.1 Å². The summed E-state index contributed by atoms with van der Waals surface area (Å²) in [5, 5.41) is 0.713. The molecule has 1 aromatic carbocycles. The van der Waals surface area contributed by atoms with E-state index in [2.05, 4.69) is 0 Å². The molecule has 0 nitrogen and oxygen atoms in total. The molecule has 0 aliphatic heterocycles. The number of rotatable bonds is 2. The van der Waals surface area contributed by atoms with E-state index in [-0.39, 0.29) is 17.0 Å². The fourth-order valence-corrected chi connectivity index (χ4v) is 4.91. The molecule has 0 radical (unpaired) electrons. The van der Waals surface area contributed by atoms with Gasteiger partial charge in [0, 0.05) is 0 Å². The maximum atomic E-state index is 13.3. The van der Waals surface area contributed by atoms with E-state index in [1.807, 2.05) is 41.4 Å². The van der Waals surface area contributed by atoms with Crippen molar-refractivity contribution in [3.05, 3.63) is 35.9 Å². The van der Waals surface area contributed by atoms with E-state index in [4.69, 9.17) is 0 Å². The Morgan fingerprint density at radius 2 is 1.67 bits per heavy atom. The molecule has 12 heavy (non-hydrogen) atoms. The first kappa shape index (κ1) is 12.3. The minimum atomic E-state index is -3.15. The average molecular weight is 287 g/mol. The Bertz CT molecular complexity index is 218. The number of hydrogen-bond donors (Lipinski definition) is 0. The predicted molar refractivity (Wildman–Crippen MR) is 53.3 cm³/mol. The van der Waals surface area contributed by atoms with E-state index >= 15 is 0 Å². The van der Waals surface area contributed by atoms with Crippen molar-refractivity contribution >= 4 is 17.0 Å². The van der Waals surface area contributed by atoms with Gasteiger partial charge in [-0.15, -0.1) is 17.0 Å². The van der Waals surface area contributed by atoms with Crippen LogP contribution in [0, 0.1) is 0 Å². The van der Waals surface area contributed by atoms with Crippen LogP contribution in [-0.2, 0) is 20.3 Å². The van der Waals surface area contributed by atoms with E-state index in [1.165, 1.54) is 0 Å². The molecular formula is C9H14BrFZn. The molecule has 0 unspecified atom stereocenters. The number of benzene rings is 1. The molecule has 1 rings (SSSR count). The number of halogens is 2. The summed E-state index contributed by atoms with van der Waals surface area (Å²) in [6.45, 7) is 0. The molecule has 0 spiro atoms. The first-order chi connectivity index (χ1) is 5.08. The predicted octanol–water partition coefficient (Wildman–Crippen LogP) is 3.90. The van der Waals surface area contributed by atoms with E-state index in [1.54, 1.807) is 0 Å². The molecule has 0 atom stereocenters. The van der Waals surface area contributed by atoms with Gasteiger partial charge in [0.05, 0.1) is 0 Å². The first-order valence-electron chi connectivity index (χ1n) is 4.45. The molecule has 0 N–H and O–H groups in total. The molecule has 0 heterocycles. The van der Waals surface area contributed by atoms with E-state index in [0.717, 1.165) is 5.56 Å². The summed E-state index contributed by atoms with van der Waals surface area (Å²) in [6, 6.07) is 9.90. The standard InChI is InChI=1S/C7H7.2CH3.BrH.FH.Zn/c1-7-5-3-2-4-6-7;;;;;/h2-6H,1H2;2*1H3;2*1H;/q;;;;;+1/p-1. The molecule has 0 amide bonds. The molecule has 1 aromatic rings. The van der Waals surface area contributed by atoms with Crippen LogP contribution in [-0.4, -0.2) is 0 Å². The van der Waals surface area contributed by atoms with Crippen LogP contribution in [0.15, 0.2) is 30.3 Å². The van der Waals surface area contributed by atoms with Crippen molar-refractivity contribution < 1.29 is 18.6 Å². The first-order valence-corrected chi connectivity index (χ1v) is 13.6. The van der Waals surface area contributed by atoms with Gasteiger partial charge in [0.25, 0.3) is 0 Å². The third-order valence-electron chi connectivity index (χ3n) is 1.73. The van der Waals surface area contributed by atoms with Crippen LogP contribution in [0.4, 0.5) is 3.32 Å². The van der Waals surface area contributed by atoms with Gasteiger partial charge in [-0.1, -0.05) is 0 Å². The Balaban J connectivity index is 0.00000121. The van der Waals surface area contributed by atoms with Gasteiger partial charge < -0.3 is 0 Å². The molecule has 0 aromatic heterocycles. The van der Waals surface area contributed by atoms with Gasteiger partial charge in [-0.2, -0.15) is 0 Å². The zero-order valence-corrected chi connectivity index (χ0v) is 12.3. The van der Waals surface area contributed by atoms with Crippen molar-refractivity contribution in [3.8, 4) is 0 Å². The van der Waals surface area contributed by atoms with Gasteiger partial charge in [-0.25, -0.2) is 0 Å². The number of hydrogen-bond acceptors (Lipinski definition) is 0. The second-order valence-corrected chi connectivity index (χ2v) is 15.4. The van der Waals surface area contributed by atoms with Crippen molar-refractivity contribution in [3.63, 3.8) is 0 Å². The van der Waals surface area contributed by atoms with Crippen LogP contribution >= 0.6 is 17.0 Å². The van der Waals surface area contributed by atoms with Gasteiger partial charge in [0.1, 0.15) is 0 Å². The fourth-order valence-electron chi connectivity index (χ4n) is 1.33. The van der Waals surface area contributed by atoms with Crippen LogP contribution in [0.5, 0.6) is 0 Å². The molecule has 3 heteroatoms. The third-order valence-corrected chi connectivity index (χ3v) is 5.43. The summed E-state index contributed by atoms with van der Waals surface area (Å²) in [7, 11) is 0. The monoisotopic (exact) mass is 284 g/mol. The zero-order chi connectivity index (χ0) is 8.32. The summed E-state index contributed by atoms with van der Waals surface area (Å²) in [4.78, 5) is 0. The Hall–Kier alpha value is 0.253. The van der Waals surface area contributed by atoms with Gasteiger partial charge >= 0.3 is 70.5 Å². The quantitative estimate of drug-likeness (QED) is 0.723. The normalized spacial score (nSPS) is 9.25. The van der Waals surface area contributed by atoms with Gasteiger partial charge in [-0.3, -0.25) is 0 Å². The summed E-state index contributed by atoms with van der Waals surface area (Å²) in [6.07, 6.45) is 0. The van der Waals surface area contributed by atoms with Gasteiger partial charge in [-0.05, 0) is 0 Å². The summed E-state index contributed by atoms with van der Waals surface area (Å²) in [5.74, 6) is 0. The minimum absolute atomic E-state index is 0. The molecule has 0 fully saturated rings. The van der Waals surface area contributed by atoms with Crippen LogP contribution in [0.25, 0.3) is 0 Å². The summed E-state index contributed by atoms with van der Waals surface area (Å²) >= 11 is -3.15. The van der Waals surface area contributed by atoms with Crippen molar-refractivity contribution in [2.75, 3.05) is 0 Å².